The van der Waals surface area contributed by atoms with Crippen LogP contribution in [0, 0.1) is 5.92 Å². The molecule has 1 saturated heterocycles. The van der Waals surface area contributed by atoms with Gasteiger partial charge in [0.2, 0.25) is 0 Å². The minimum absolute atomic E-state index is 0.226. The maximum absolute atomic E-state index is 9.07. The maximum atomic E-state index is 9.07. The van der Waals surface area contributed by atoms with Crippen molar-refractivity contribution in [3.8, 4) is 0 Å². The van der Waals surface area contributed by atoms with Gasteiger partial charge in [0.1, 0.15) is 0 Å². The van der Waals surface area contributed by atoms with E-state index in [4.69, 9.17) is 9.84 Å². The van der Waals surface area contributed by atoms with Crippen molar-refractivity contribution in [3.05, 3.63) is 0 Å². The Hall–Kier alpha value is -0.0800. The lowest BCUT2D eigenvalue weighted by atomic mass is 9.96. The molecule has 1 aliphatic heterocycles. The van der Waals surface area contributed by atoms with Crippen molar-refractivity contribution in [3.63, 3.8) is 0 Å². The Morgan fingerprint density at radius 1 is 1.44 bits per heavy atom. The van der Waals surface area contributed by atoms with Gasteiger partial charge in [0.05, 0.1) is 18.8 Å². The van der Waals surface area contributed by atoms with Gasteiger partial charge in [-0.05, 0) is 19.3 Å². The Morgan fingerprint density at radius 2 is 2.11 bits per heavy atom. The summed E-state index contributed by atoms with van der Waals surface area (Å²) in [6.07, 6.45) is 0.992. The summed E-state index contributed by atoms with van der Waals surface area (Å²) in [5.41, 5.74) is 0. The van der Waals surface area contributed by atoms with E-state index in [0.717, 1.165) is 6.42 Å². The summed E-state index contributed by atoms with van der Waals surface area (Å²) >= 11 is 0. The van der Waals surface area contributed by atoms with Crippen molar-refractivity contribution in [2.45, 2.75) is 32.5 Å². The quantitative estimate of drug-likeness (QED) is 0.525. The average Bonchev–Trinajstić information content (AvgIpc) is 1.80. The number of hydrogen-bond acceptors (Lipinski definition) is 2. The molecule has 1 heterocycles. The van der Waals surface area contributed by atoms with Crippen molar-refractivity contribution in [2.75, 3.05) is 6.61 Å². The lowest BCUT2D eigenvalue weighted by molar-refractivity contribution is -0.0763. The minimum Gasteiger partial charge on any atom is -0.391 e. The predicted octanol–water partition coefficient (Wildman–Crippen LogP) is 0.792. The molecular weight excluding hydrogens is 116 g/mol. The van der Waals surface area contributed by atoms with E-state index in [0.29, 0.717) is 18.6 Å². The highest BCUT2D eigenvalue weighted by molar-refractivity contribution is 4.71. The summed E-state index contributed by atoms with van der Waals surface area (Å²) in [5.74, 6) is 0.508. The minimum atomic E-state index is -0.226. The molecule has 54 valence electrons. The Balaban J connectivity index is 2.35. The van der Waals surface area contributed by atoms with Crippen LogP contribution in [0.15, 0.2) is 0 Å². The van der Waals surface area contributed by atoms with Crippen LogP contribution in [-0.2, 0) is 4.74 Å². The highest BCUT2D eigenvalue weighted by atomic mass is 16.5. The fraction of sp³-hybridized carbons (Fsp3) is 1.00. The van der Waals surface area contributed by atoms with Crippen molar-refractivity contribution in [1.82, 2.24) is 0 Å². The largest absolute Gasteiger partial charge is 0.391 e. The normalized spacial score (nSPS) is 45.0. The molecule has 1 aliphatic rings. The van der Waals surface area contributed by atoms with Gasteiger partial charge in [-0.25, -0.2) is 0 Å². The van der Waals surface area contributed by atoms with Crippen molar-refractivity contribution in [1.29, 1.82) is 0 Å². The zero-order valence-corrected chi connectivity index (χ0v) is 6.00. The van der Waals surface area contributed by atoms with Gasteiger partial charge in [0.15, 0.2) is 0 Å². The first-order valence-electron chi connectivity index (χ1n) is 3.50. The third kappa shape index (κ3) is 1.66. The summed E-state index contributed by atoms with van der Waals surface area (Å²) in [6.45, 7) is 4.68. The van der Waals surface area contributed by atoms with Gasteiger partial charge >= 0.3 is 0 Å². The van der Waals surface area contributed by atoms with Gasteiger partial charge in [-0.3, -0.25) is 0 Å². The van der Waals surface area contributed by atoms with E-state index in [-0.39, 0.29) is 6.10 Å². The third-order valence-corrected chi connectivity index (χ3v) is 2.00. The van der Waals surface area contributed by atoms with Crippen LogP contribution in [0.3, 0.4) is 0 Å². The fourth-order valence-electron chi connectivity index (χ4n) is 1.12. The van der Waals surface area contributed by atoms with E-state index in [1.165, 1.54) is 0 Å². The van der Waals surface area contributed by atoms with Gasteiger partial charge in [-0.1, -0.05) is 6.92 Å². The summed E-state index contributed by atoms with van der Waals surface area (Å²) < 4.78 is 5.25. The first kappa shape index (κ1) is 7.03. The van der Waals surface area contributed by atoms with E-state index in [9.17, 15) is 0 Å². The highest BCUT2D eigenvalue weighted by Gasteiger charge is 2.22. The summed E-state index contributed by atoms with van der Waals surface area (Å²) in [6, 6.07) is 0. The number of rotatable bonds is 0. The zero-order chi connectivity index (χ0) is 6.85. The zero-order valence-electron chi connectivity index (χ0n) is 6.00. The monoisotopic (exact) mass is 130 g/mol. The predicted molar refractivity (Wildman–Crippen MR) is 35.2 cm³/mol. The molecule has 1 N–H and O–H groups in total. The van der Waals surface area contributed by atoms with E-state index < -0.39 is 0 Å². The molecule has 0 saturated carbocycles. The summed E-state index contributed by atoms with van der Waals surface area (Å²) in [4.78, 5) is 0. The first-order chi connectivity index (χ1) is 4.20. The van der Waals surface area contributed by atoms with E-state index in [2.05, 4.69) is 13.8 Å². The first-order valence-corrected chi connectivity index (χ1v) is 3.50. The molecule has 3 atom stereocenters. The van der Waals surface area contributed by atoms with Crippen LogP contribution in [0.4, 0.5) is 0 Å². The second kappa shape index (κ2) is 2.67. The SMILES string of the molecule is CC1C[C@H](O)COC1C. The molecule has 9 heavy (non-hydrogen) atoms. The Bertz CT molecular complexity index is 92.9. The molecule has 0 amide bonds. The molecule has 2 nitrogen and oxygen atoms in total. The highest BCUT2D eigenvalue weighted by Crippen LogP contribution is 2.19. The van der Waals surface area contributed by atoms with Crippen LogP contribution in [0.1, 0.15) is 20.3 Å². The van der Waals surface area contributed by atoms with Crippen molar-refractivity contribution >= 4 is 0 Å². The average molecular weight is 130 g/mol. The molecule has 0 bridgehead atoms. The van der Waals surface area contributed by atoms with Crippen LogP contribution >= 0.6 is 0 Å². The summed E-state index contributed by atoms with van der Waals surface area (Å²) in [5, 5.41) is 9.07. The fourth-order valence-corrected chi connectivity index (χ4v) is 1.12. The van der Waals surface area contributed by atoms with Crippen molar-refractivity contribution in [2.24, 2.45) is 5.92 Å². The molecule has 0 radical (unpaired) electrons. The van der Waals surface area contributed by atoms with Crippen molar-refractivity contribution < 1.29 is 9.84 Å². The molecule has 0 aromatic rings. The standard InChI is InChI=1S/C7H14O2/c1-5-3-7(8)4-9-6(5)2/h5-8H,3-4H2,1-2H3/t5?,6?,7-/m0/s1. The molecule has 0 aliphatic carbocycles. The number of hydrogen-bond donors (Lipinski definition) is 1. The second-order valence-electron chi connectivity index (χ2n) is 2.91. The van der Waals surface area contributed by atoms with Gasteiger partial charge in [0.25, 0.3) is 0 Å². The molecule has 2 unspecified atom stereocenters. The maximum Gasteiger partial charge on any atom is 0.0777 e. The van der Waals surface area contributed by atoms with E-state index in [1.807, 2.05) is 0 Å². The van der Waals surface area contributed by atoms with Gasteiger partial charge in [0, 0.05) is 0 Å². The molecular formula is C7H14O2. The van der Waals surface area contributed by atoms with Crippen LogP contribution in [0.25, 0.3) is 0 Å². The lowest BCUT2D eigenvalue weighted by Gasteiger charge is -2.29. The topological polar surface area (TPSA) is 29.5 Å². The smallest absolute Gasteiger partial charge is 0.0777 e. The van der Waals surface area contributed by atoms with Crippen LogP contribution in [-0.4, -0.2) is 23.9 Å². The second-order valence-corrected chi connectivity index (χ2v) is 2.91. The molecule has 1 fully saturated rings. The van der Waals surface area contributed by atoms with E-state index >= 15 is 0 Å². The van der Waals surface area contributed by atoms with Crippen LogP contribution in [0.2, 0.25) is 0 Å². The molecule has 1 rings (SSSR count). The molecule has 0 spiro atoms. The van der Waals surface area contributed by atoms with Gasteiger partial charge < -0.3 is 9.84 Å². The van der Waals surface area contributed by atoms with E-state index in [1.54, 1.807) is 0 Å². The third-order valence-electron chi connectivity index (χ3n) is 2.00. The van der Waals surface area contributed by atoms with Crippen LogP contribution in [0.5, 0.6) is 0 Å². The molecule has 2 heteroatoms. The Morgan fingerprint density at radius 3 is 2.56 bits per heavy atom. The molecule has 0 aromatic carbocycles. The van der Waals surface area contributed by atoms with Gasteiger partial charge in [-0.2, -0.15) is 0 Å². The Kier molecular flexibility index (Phi) is 2.09. The molecule has 0 aromatic heterocycles. The summed E-state index contributed by atoms with van der Waals surface area (Å²) in [7, 11) is 0. The number of aliphatic hydroxyl groups excluding tert-OH is 1. The number of aliphatic hydroxyl groups is 1. The lowest BCUT2D eigenvalue weighted by Crippen LogP contribution is -2.33. The Labute approximate surface area is 55.8 Å². The van der Waals surface area contributed by atoms with Crippen LogP contribution < -0.4 is 0 Å². The van der Waals surface area contributed by atoms with Gasteiger partial charge in [-0.15, -0.1) is 0 Å². The number of ether oxygens (including phenoxy) is 1.